The molecule has 2 aromatic carbocycles. The van der Waals surface area contributed by atoms with Crippen molar-refractivity contribution < 1.29 is 14.3 Å². The number of nitrogens with one attached hydrogen (secondary N) is 1. The number of carbonyl (C=O) groups is 2. The summed E-state index contributed by atoms with van der Waals surface area (Å²) in [5, 5.41) is 4.47. The fourth-order valence-corrected chi connectivity index (χ4v) is 6.17. The maximum atomic E-state index is 13.8. The van der Waals surface area contributed by atoms with Crippen molar-refractivity contribution >= 4 is 39.1 Å². The predicted octanol–water partition coefficient (Wildman–Crippen LogP) is 7.67. The number of aryl methyl sites for hydroxylation is 3. The van der Waals surface area contributed by atoms with E-state index in [1.165, 1.54) is 27.3 Å². The zero-order valence-corrected chi connectivity index (χ0v) is 22.5. The third kappa shape index (κ3) is 5.16. The molecule has 5 nitrogen and oxygen atoms in total. The van der Waals surface area contributed by atoms with Crippen molar-refractivity contribution in [3.05, 3.63) is 81.2 Å². The SMILES string of the molecule is CCCOC(=O)c1c(NC(=O)c2cc(-c3ccc(C)c(C)c3)nc3ccccc23)sc2c1CCCCC2. The molecule has 0 saturated heterocycles. The predicted molar refractivity (Wildman–Crippen MR) is 151 cm³/mol. The van der Waals surface area contributed by atoms with Crippen LogP contribution in [0.25, 0.3) is 22.2 Å². The first-order valence-electron chi connectivity index (χ1n) is 13.1. The molecular formula is C31H32N2O3S. The summed E-state index contributed by atoms with van der Waals surface area (Å²) < 4.78 is 5.54. The molecule has 1 aliphatic carbocycles. The van der Waals surface area contributed by atoms with Crippen molar-refractivity contribution in [3.63, 3.8) is 0 Å². The van der Waals surface area contributed by atoms with Crippen molar-refractivity contribution in [1.29, 1.82) is 0 Å². The number of hydrogen-bond acceptors (Lipinski definition) is 5. The van der Waals surface area contributed by atoms with Gasteiger partial charge in [-0.05, 0) is 80.8 Å². The highest BCUT2D eigenvalue weighted by Crippen LogP contribution is 2.38. The van der Waals surface area contributed by atoms with E-state index in [1.807, 2.05) is 43.3 Å². The largest absolute Gasteiger partial charge is 0.462 e. The second-order valence-corrected chi connectivity index (χ2v) is 10.8. The smallest absolute Gasteiger partial charge is 0.341 e. The maximum Gasteiger partial charge on any atom is 0.341 e. The van der Waals surface area contributed by atoms with Gasteiger partial charge in [0, 0.05) is 15.8 Å². The lowest BCUT2D eigenvalue weighted by atomic mass is 10.0. The fourth-order valence-electron chi connectivity index (χ4n) is 4.90. The number of benzene rings is 2. The highest BCUT2D eigenvalue weighted by Gasteiger charge is 2.27. The third-order valence-electron chi connectivity index (χ3n) is 7.05. The number of anilines is 1. The number of rotatable bonds is 6. The van der Waals surface area contributed by atoms with E-state index < -0.39 is 0 Å². The van der Waals surface area contributed by atoms with Crippen LogP contribution in [0.4, 0.5) is 5.00 Å². The van der Waals surface area contributed by atoms with Gasteiger partial charge in [0.25, 0.3) is 5.91 Å². The van der Waals surface area contributed by atoms with E-state index in [0.29, 0.717) is 22.7 Å². The molecule has 5 rings (SSSR count). The first kappa shape index (κ1) is 25.2. The van der Waals surface area contributed by atoms with Crippen LogP contribution in [0.15, 0.2) is 48.5 Å². The van der Waals surface area contributed by atoms with E-state index >= 15 is 0 Å². The number of ether oxygens (including phenoxy) is 1. The second-order valence-electron chi connectivity index (χ2n) is 9.73. The van der Waals surface area contributed by atoms with Crippen LogP contribution < -0.4 is 5.32 Å². The Morgan fingerprint density at radius 1 is 1.00 bits per heavy atom. The Morgan fingerprint density at radius 2 is 1.81 bits per heavy atom. The summed E-state index contributed by atoms with van der Waals surface area (Å²) in [4.78, 5) is 33.0. The molecule has 1 aliphatic rings. The Balaban J connectivity index is 1.57. The quantitative estimate of drug-likeness (QED) is 0.213. The second kappa shape index (κ2) is 10.9. The molecule has 0 spiro atoms. The van der Waals surface area contributed by atoms with Gasteiger partial charge in [-0.15, -0.1) is 11.3 Å². The van der Waals surface area contributed by atoms with Crippen LogP contribution >= 0.6 is 11.3 Å². The van der Waals surface area contributed by atoms with Gasteiger partial charge in [-0.1, -0.05) is 43.7 Å². The van der Waals surface area contributed by atoms with E-state index in [9.17, 15) is 9.59 Å². The Bertz CT molecular complexity index is 1490. The standard InChI is InChI=1S/C31H32N2O3S/c1-4-16-36-31(35)28-23-11-6-5-7-13-27(23)37-30(28)33-29(34)24-18-26(21-15-14-19(2)20(3)17-21)32-25-12-9-8-10-22(24)25/h8-10,12,14-15,17-18H,4-7,11,13,16H2,1-3H3,(H,33,34). The number of nitrogens with zero attached hydrogens (tertiary/aromatic N) is 1. The Kier molecular flexibility index (Phi) is 7.38. The molecular weight excluding hydrogens is 480 g/mol. The van der Waals surface area contributed by atoms with Crippen LogP contribution in [0.1, 0.15) is 74.9 Å². The number of fused-ring (bicyclic) bond motifs is 2. The molecule has 0 radical (unpaired) electrons. The van der Waals surface area contributed by atoms with E-state index in [4.69, 9.17) is 9.72 Å². The summed E-state index contributed by atoms with van der Waals surface area (Å²) in [6.45, 7) is 6.50. The highest BCUT2D eigenvalue weighted by molar-refractivity contribution is 7.17. The van der Waals surface area contributed by atoms with Crippen LogP contribution in [0.2, 0.25) is 0 Å². The van der Waals surface area contributed by atoms with Crippen LogP contribution in [-0.4, -0.2) is 23.5 Å². The Hall–Kier alpha value is -3.51. The summed E-state index contributed by atoms with van der Waals surface area (Å²) in [6, 6.07) is 15.8. The van der Waals surface area contributed by atoms with Crippen LogP contribution in [0, 0.1) is 13.8 Å². The summed E-state index contributed by atoms with van der Waals surface area (Å²) in [5.74, 6) is -0.586. The van der Waals surface area contributed by atoms with Gasteiger partial charge in [-0.3, -0.25) is 4.79 Å². The minimum atomic E-state index is -0.341. The van der Waals surface area contributed by atoms with Crippen molar-refractivity contribution in [2.24, 2.45) is 0 Å². The van der Waals surface area contributed by atoms with Gasteiger partial charge < -0.3 is 10.1 Å². The van der Waals surface area contributed by atoms with Crippen LogP contribution in [0.5, 0.6) is 0 Å². The lowest BCUT2D eigenvalue weighted by molar-refractivity contribution is 0.0505. The normalized spacial score (nSPS) is 13.2. The highest BCUT2D eigenvalue weighted by atomic mass is 32.1. The van der Waals surface area contributed by atoms with Crippen LogP contribution in [-0.2, 0) is 17.6 Å². The Labute approximate surface area is 221 Å². The van der Waals surface area contributed by atoms with E-state index in [1.54, 1.807) is 0 Å². The molecule has 6 heteroatoms. The lowest BCUT2D eigenvalue weighted by Crippen LogP contribution is -2.16. The number of esters is 1. The van der Waals surface area contributed by atoms with Gasteiger partial charge in [0.2, 0.25) is 0 Å². The molecule has 190 valence electrons. The van der Waals surface area contributed by atoms with E-state index in [-0.39, 0.29) is 11.9 Å². The Morgan fingerprint density at radius 3 is 2.62 bits per heavy atom. The van der Waals surface area contributed by atoms with Gasteiger partial charge in [0.05, 0.1) is 28.9 Å². The summed E-state index contributed by atoms with van der Waals surface area (Å²) >= 11 is 1.52. The topological polar surface area (TPSA) is 68.3 Å². The molecule has 0 saturated carbocycles. The van der Waals surface area contributed by atoms with Crippen molar-refractivity contribution in [2.45, 2.75) is 59.3 Å². The molecule has 1 amide bonds. The zero-order chi connectivity index (χ0) is 25.9. The minimum Gasteiger partial charge on any atom is -0.462 e. The van der Waals surface area contributed by atoms with Gasteiger partial charge in [-0.25, -0.2) is 9.78 Å². The molecule has 4 aromatic rings. The monoisotopic (exact) mass is 512 g/mol. The average molecular weight is 513 g/mol. The molecule has 0 fully saturated rings. The number of para-hydroxylation sites is 1. The summed E-state index contributed by atoms with van der Waals surface area (Å²) in [6.07, 6.45) is 5.81. The molecule has 2 aromatic heterocycles. The third-order valence-corrected chi connectivity index (χ3v) is 8.26. The average Bonchev–Trinajstić information content (AvgIpc) is 3.07. The van der Waals surface area contributed by atoms with Gasteiger partial charge in [0.1, 0.15) is 5.00 Å². The molecule has 0 bridgehead atoms. The first-order chi connectivity index (χ1) is 18.0. The van der Waals surface area contributed by atoms with Crippen molar-refractivity contribution in [3.8, 4) is 11.3 Å². The molecule has 0 atom stereocenters. The van der Waals surface area contributed by atoms with Crippen molar-refractivity contribution in [1.82, 2.24) is 4.98 Å². The van der Waals surface area contributed by atoms with Gasteiger partial charge in [-0.2, -0.15) is 0 Å². The van der Waals surface area contributed by atoms with E-state index in [0.717, 1.165) is 66.2 Å². The van der Waals surface area contributed by atoms with Crippen molar-refractivity contribution in [2.75, 3.05) is 11.9 Å². The summed E-state index contributed by atoms with van der Waals surface area (Å²) in [7, 11) is 0. The molecule has 2 heterocycles. The fraction of sp³-hybridized carbons (Fsp3) is 0.323. The number of amides is 1. The summed E-state index contributed by atoms with van der Waals surface area (Å²) in [5.41, 5.74) is 6.98. The number of thiophene rings is 1. The maximum absolute atomic E-state index is 13.8. The first-order valence-corrected chi connectivity index (χ1v) is 13.9. The number of hydrogen-bond donors (Lipinski definition) is 1. The number of pyridine rings is 1. The molecule has 1 N–H and O–H groups in total. The number of aromatic nitrogens is 1. The van der Waals surface area contributed by atoms with Gasteiger partial charge >= 0.3 is 5.97 Å². The minimum absolute atomic E-state index is 0.246. The lowest BCUT2D eigenvalue weighted by Gasteiger charge is -2.12. The van der Waals surface area contributed by atoms with E-state index in [2.05, 4.69) is 31.3 Å². The zero-order valence-electron chi connectivity index (χ0n) is 21.6. The number of carbonyl (C=O) groups excluding carboxylic acids is 2. The van der Waals surface area contributed by atoms with Crippen LogP contribution in [0.3, 0.4) is 0 Å². The van der Waals surface area contributed by atoms with Gasteiger partial charge in [0.15, 0.2) is 0 Å². The molecule has 0 unspecified atom stereocenters. The molecule has 0 aliphatic heterocycles. The molecule has 37 heavy (non-hydrogen) atoms.